The zero-order valence-corrected chi connectivity index (χ0v) is 18.2. The van der Waals surface area contributed by atoms with E-state index < -0.39 is 15.9 Å². The van der Waals surface area contributed by atoms with Crippen LogP contribution in [0.5, 0.6) is 0 Å². The number of thiocarbonyl (C=S) groups is 1. The Morgan fingerprint density at radius 3 is 2.75 bits per heavy atom. The van der Waals surface area contributed by atoms with Gasteiger partial charge in [0.25, 0.3) is 5.91 Å². The van der Waals surface area contributed by atoms with Crippen LogP contribution in [-0.4, -0.2) is 41.1 Å². The summed E-state index contributed by atoms with van der Waals surface area (Å²) in [7, 11) is -3.12. The molecule has 2 aliphatic rings. The van der Waals surface area contributed by atoms with Crippen LogP contribution in [0, 0.1) is 0 Å². The lowest BCUT2D eigenvalue weighted by molar-refractivity contribution is -0.123. The van der Waals surface area contributed by atoms with E-state index in [2.05, 4.69) is 0 Å². The first-order valence-corrected chi connectivity index (χ1v) is 12.1. The van der Waals surface area contributed by atoms with Crippen molar-refractivity contribution in [2.24, 2.45) is 0 Å². The molecule has 2 aliphatic heterocycles. The monoisotopic (exact) mass is 473 g/mol. The van der Waals surface area contributed by atoms with Crippen LogP contribution in [-0.2, 0) is 14.6 Å². The average molecular weight is 474 g/mol. The maximum atomic E-state index is 12.8. The molecule has 4 rings (SSSR count). The maximum Gasteiger partial charge on any atom is 0.266 e. The van der Waals surface area contributed by atoms with Crippen LogP contribution in [0.1, 0.15) is 12.2 Å². The summed E-state index contributed by atoms with van der Waals surface area (Å²) in [5, 5.41) is 0.809. The van der Waals surface area contributed by atoms with Gasteiger partial charge in [-0.2, -0.15) is 0 Å². The van der Waals surface area contributed by atoms with Crippen LogP contribution >= 0.6 is 47.2 Å². The van der Waals surface area contributed by atoms with E-state index in [4.69, 9.17) is 39.8 Å². The normalized spacial score (nSPS) is 23.1. The van der Waals surface area contributed by atoms with Gasteiger partial charge in [-0.1, -0.05) is 53.2 Å². The van der Waals surface area contributed by atoms with Crippen LogP contribution < -0.4 is 0 Å². The second kappa shape index (κ2) is 7.50. The number of thioether (sulfide) groups is 1. The molecule has 0 saturated carbocycles. The molecular formula is C18H13Cl2NO4S3. The summed E-state index contributed by atoms with van der Waals surface area (Å²) in [6, 6.07) is 8.31. The van der Waals surface area contributed by atoms with E-state index in [0.29, 0.717) is 42.8 Å². The molecule has 2 saturated heterocycles. The summed E-state index contributed by atoms with van der Waals surface area (Å²) in [4.78, 5) is 14.6. The van der Waals surface area contributed by atoms with Crippen molar-refractivity contribution in [3.63, 3.8) is 0 Å². The van der Waals surface area contributed by atoms with Gasteiger partial charge in [0.05, 0.1) is 32.5 Å². The summed E-state index contributed by atoms with van der Waals surface area (Å²) < 4.78 is 29.6. The number of hydrogen-bond acceptors (Lipinski definition) is 6. The molecule has 2 aromatic rings. The third kappa shape index (κ3) is 3.76. The van der Waals surface area contributed by atoms with Gasteiger partial charge in [0.2, 0.25) is 0 Å². The fourth-order valence-corrected chi connectivity index (χ4v) is 6.65. The minimum atomic E-state index is -3.12. The van der Waals surface area contributed by atoms with Crippen molar-refractivity contribution >= 4 is 73.3 Å². The summed E-state index contributed by atoms with van der Waals surface area (Å²) in [5.41, 5.74) is 0.650. The number of carbonyl (C=O) groups excluding carboxylic acids is 1. The molecule has 0 radical (unpaired) electrons. The van der Waals surface area contributed by atoms with Gasteiger partial charge in [-0.25, -0.2) is 8.42 Å². The van der Waals surface area contributed by atoms with Crippen LogP contribution in [0.25, 0.3) is 17.4 Å². The highest BCUT2D eigenvalue weighted by atomic mass is 35.5. The van der Waals surface area contributed by atoms with Crippen molar-refractivity contribution in [1.29, 1.82) is 0 Å². The number of benzene rings is 1. The molecule has 2 fully saturated rings. The first-order chi connectivity index (χ1) is 13.2. The Labute approximate surface area is 181 Å². The van der Waals surface area contributed by atoms with E-state index in [9.17, 15) is 13.2 Å². The topological polar surface area (TPSA) is 67.6 Å². The highest BCUT2D eigenvalue weighted by Gasteiger charge is 2.42. The largest absolute Gasteiger partial charge is 0.457 e. The van der Waals surface area contributed by atoms with Crippen molar-refractivity contribution < 1.29 is 17.6 Å². The van der Waals surface area contributed by atoms with E-state index in [-0.39, 0.29) is 17.4 Å². The molecule has 1 aromatic carbocycles. The van der Waals surface area contributed by atoms with Gasteiger partial charge in [0, 0.05) is 11.6 Å². The first kappa shape index (κ1) is 20.0. The number of amides is 1. The zero-order valence-electron chi connectivity index (χ0n) is 14.2. The number of rotatable bonds is 3. The fraction of sp³-hybridized carbons (Fsp3) is 0.222. The molecule has 1 unspecified atom stereocenters. The lowest BCUT2D eigenvalue weighted by Crippen LogP contribution is -2.39. The lowest BCUT2D eigenvalue weighted by Gasteiger charge is -2.20. The molecule has 1 atom stereocenters. The molecule has 5 nitrogen and oxygen atoms in total. The number of sulfone groups is 1. The molecule has 10 heteroatoms. The quantitative estimate of drug-likeness (QED) is 0.477. The second-order valence-corrected chi connectivity index (χ2v) is 11.1. The summed E-state index contributed by atoms with van der Waals surface area (Å²) in [6.07, 6.45) is 2.00. The van der Waals surface area contributed by atoms with Crippen LogP contribution in [0.4, 0.5) is 0 Å². The highest BCUT2D eigenvalue weighted by Crippen LogP contribution is 2.38. The molecule has 0 spiro atoms. The Hall–Kier alpha value is -1.32. The predicted molar refractivity (Wildman–Crippen MR) is 116 cm³/mol. The fourth-order valence-electron chi connectivity index (χ4n) is 3.17. The standard InChI is InChI=1S/C18H13Cl2NO4S3/c19-13-3-1-2-12(16(13)20)14-5-4-11(25-14)8-15-17(22)21(18(26)27-15)10-6-7-28(23,24)9-10/h1-5,8,10H,6-7,9H2. The third-order valence-electron chi connectivity index (χ3n) is 4.51. The number of hydrogen-bond donors (Lipinski definition) is 0. The summed E-state index contributed by atoms with van der Waals surface area (Å²) in [6.45, 7) is 0. The molecule has 0 N–H and O–H groups in total. The van der Waals surface area contributed by atoms with Crippen molar-refractivity contribution in [3.8, 4) is 11.3 Å². The van der Waals surface area contributed by atoms with Crippen LogP contribution in [0.2, 0.25) is 10.0 Å². The van der Waals surface area contributed by atoms with Crippen molar-refractivity contribution in [1.82, 2.24) is 4.90 Å². The van der Waals surface area contributed by atoms with Gasteiger partial charge in [-0.05, 0) is 30.7 Å². The van der Waals surface area contributed by atoms with Gasteiger partial charge in [0.1, 0.15) is 15.8 Å². The number of nitrogens with zero attached hydrogens (tertiary/aromatic N) is 1. The Morgan fingerprint density at radius 2 is 2.04 bits per heavy atom. The Kier molecular flexibility index (Phi) is 5.35. The van der Waals surface area contributed by atoms with Crippen LogP contribution in [0.15, 0.2) is 39.7 Å². The predicted octanol–water partition coefficient (Wildman–Crippen LogP) is 4.64. The van der Waals surface area contributed by atoms with Gasteiger partial charge in [-0.15, -0.1) is 0 Å². The van der Waals surface area contributed by atoms with Crippen molar-refractivity contribution in [2.45, 2.75) is 12.5 Å². The van der Waals surface area contributed by atoms with E-state index in [1.165, 1.54) is 4.90 Å². The molecule has 1 aromatic heterocycles. The Morgan fingerprint density at radius 1 is 1.25 bits per heavy atom. The molecular weight excluding hydrogens is 461 g/mol. The highest BCUT2D eigenvalue weighted by molar-refractivity contribution is 8.26. The SMILES string of the molecule is O=C1C(=Cc2ccc(-c3cccc(Cl)c3Cl)o2)SC(=S)N1C1CCS(=O)(=O)C1. The number of halogens is 2. The smallest absolute Gasteiger partial charge is 0.266 e. The van der Waals surface area contributed by atoms with Gasteiger partial charge in [0.15, 0.2) is 9.84 Å². The van der Waals surface area contributed by atoms with Crippen LogP contribution in [0.3, 0.4) is 0 Å². The van der Waals surface area contributed by atoms with E-state index >= 15 is 0 Å². The minimum Gasteiger partial charge on any atom is -0.457 e. The lowest BCUT2D eigenvalue weighted by atomic mass is 10.2. The summed E-state index contributed by atoms with van der Waals surface area (Å²) >= 11 is 18.7. The second-order valence-electron chi connectivity index (χ2n) is 6.41. The molecule has 146 valence electrons. The molecule has 0 bridgehead atoms. The Balaban J connectivity index is 1.59. The summed E-state index contributed by atoms with van der Waals surface area (Å²) in [5.74, 6) is 0.721. The van der Waals surface area contributed by atoms with Gasteiger partial charge in [-0.3, -0.25) is 9.69 Å². The van der Waals surface area contributed by atoms with E-state index in [1.807, 2.05) is 0 Å². The van der Waals surface area contributed by atoms with Gasteiger partial charge >= 0.3 is 0 Å². The third-order valence-corrected chi connectivity index (χ3v) is 8.41. The maximum absolute atomic E-state index is 12.8. The van der Waals surface area contributed by atoms with Crippen molar-refractivity contribution in [3.05, 3.63) is 51.0 Å². The molecule has 1 amide bonds. The minimum absolute atomic E-state index is 0.0507. The molecule has 0 aliphatic carbocycles. The Bertz CT molecular complexity index is 1120. The number of carbonyl (C=O) groups is 1. The molecule has 28 heavy (non-hydrogen) atoms. The number of furan rings is 1. The zero-order chi connectivity index (χ0) is 20.1. The first-order valence-electron chi connectivity index (χ1n) is 8.27. The van der Waals surface area contributed by atoms with Gasteiger partial charge < -0.3 is 4.42 Å². The van der Waals surface area contributed by atoms with Crippen molar-refractivity contribution in [2.75, 3.05) is 11.5 Å². The van der Waals surface area contributed by atoms with E-state index in [1.54, 1.807) is 36.4 Å². The average Bonchev–Trinajstić information content (AvgIpc) is 3.29. The van der Waals surface area contributed by atoms with E-state index in [0.717, 1.165) is 11.8 Å². The molecule has 3 heterocycles.